The standard InChI is InChI=1S/C16H19F2NO2/c1-19(14-4-9-6-15(20)7-10(9)5-14)16(21)11-2-12(17)8-13(18)3-11/h2-3,8-10,14-15,20H,4-7H2,1H3/t9-,10+,14?,15?. The third-order valence-corrected chi connectivity index (χ3v) is 4.94. The molecule has 2 aliphatic carbocycles. The maximum atomic E-state index is 13.2. The smallest absolute Gasteiger partial charge is 0.254 e. The van der Waals surface area contributed by atoms with Gasteiger partial charge in [-0.2, -0.15) is 0 Å². The summed E-state index contributed by atoms with van der Waals surface area (Å²) in [7, 11) is 1.69. The van der Waals surface area contributed by atoms with Gasteiger partial charge in [-0.3, -0.25) is 4.79 Å². The summed E-state index contributed by atoms with van der Waals surface area (Å²) in [6, 6.07) is 2.99. The van der Waals surface area contributed by atoms with Crippen LogP contribution in [-0.4, -0.2) is 35.1 Å². The lowest BCUT2D eigenvalue weighted by atomic mass is 10.0. The van der Waals surface area contributed by atoms with Crippen molar-refractivity contribution in [1.82, 2.24) is 4.90 Å². The first-order valence-electron chi connectivity index (χ1n) is 7.35. The summed E-state index contributed by atoms with van der Waals surface area (Å²) in [5.74, 6) is -0.899. The van der Waals surface area contributed by atoms with Crippen molar-refractivity contribution in [2.45, 2.75) is 37.8 Å². The summed E-state index contributed by atoms with van der Waals surface area (Å²) in [5, 5.41) is 9.64. The molecular formula is C16H19F2NO2. The first-order chi connectivity index (χ1) is 9.94. The molecule has 5 heteroatoms. The molecule has 1 N–H and O–H groups in total. The monoisotopic (exact) mass is 295 g/mol. The molecule has 0 radical (unpaired) electrons. The number of carbonyl (C=O) groups is 1. The van der Waals surface area contributed by atoms with Crippen molar-refractivity contribution in [3.05, 3.63) is 35.4 Å². The van der Waals surface area contributed by atoms with E-state index in [9.17, 15) is 18.7 Å². The van der Waals surface area contributed by atoms with Crippen molar-refractivity contribution < 1.29 is 18.7 Å². The van der Waals surface area contributed by atoms with Gasteiger partial charge < -0.3 is 10.0 Å². The molecule has 21 heavy (non-hydrogen) atoms. The molecule has 0 saturated heterocycles. The fourth-order valence-corrected chi connectivity index (χ4v) is 3.92. The van der Waals surface area contributed by atoms with Crippen LogP contribution < -0.4 is 0 Å². The van der Waals surface area contributed by atoms with Crippen LogP contribution in [0.3, 0.4) is 0 Å². The Hall–Kier alpha value is -1.49. The molecule has 1 aromatic rings. The topological polar surface area (TPSA) is 40.5 Å². The van der Waals surface area contributed by atoms with E-state index in [1.165, 1.54) is 0 Å². The van der Waals surface area contributed by atoms with Crippen LogP contribution in [0, 0.1) is 23.5 Å². The molecule has 1 amide bonds. The molecule has 0 aromatic heterocycles. The minimum Gasteiger partial charge on any atom is -0.393 e. The molecule has 3 rings (SSSR count). The first-order valence-corrected chi connectivity index (χ1v) is 7.35. The van der Waals surface area contributed by atoms with Gasteiger partial charge in [0.05, 0.1) is 6.10 Å². The Morgan fingerprint density at radius 1 is 1.10 bits per heavy atom. The van der Waals surface area contributed by atoms with E-state index in [1.807, 2.05) is 0 Å². The number of aliphatic hydroxyl groups excluding tert-OH is 1. The zero-order valence-electron chi connectivity index (χ0n) is 11.9. The molecule has 2 unspecified atom stereocenters. The summed E-state index contributed by atoms with van der Waals surface area (Å²) in [4.78, 5) is 14.0. The van der Waals surface area contributed by atoms with Crippen molar-refractivity contribution in [3.8, 4) is 0 Å². The van der Waals surface area contributed by atoms with E-state index in [2.05, 4.69) is 0 Å². The second-order valence-electron chi connectivity index (χ2n) is 6.34. The van der Waals surface area contributed by atoms with Gasteiger partial charge >= 0.3 is 0 Å². The van der Waals surface area contributed by atoms with Crippen molar-refractivity contribution in [1.29, 1.82) is 0 Å². The Bertz CT molecular complexity index is 529. The van der Waals surface area contributed by atoms with Crippen molar-refractivity contribution >= 4 is 5.91 Å². The number of halogens is 2. The van der Waals surface area contributed by atoms with Gasteiger partial charge in [0.25, 0.3) is 5.91 Å². The van der Waals surface area contributed by atoms with Gasteiger partial charge in [0.2, 0.25) is 0 Å². The molecule has 0 aliphatic heterocycles. The molecule has 3 nitrogen and oxygen atoms in total. The average Bonchev–Trinajstić information content (AvgIpc) is 2.92. The van der Waals surface area contributed by atoms with Crippen molar-refractivity contribution in [3.63, 3.8) is 0 Å². The summed E-state index contributed by atoms with van der Waals surface area (Å²) >= 11 is 0. The minimum absolute atomic E-state index is 0.0482. The number of hydrogen-bond donors (Lipinski definition) is 1. The Morgan fingerprint density at radius 3 is 2.14 bits per heavy atom. The van der Waals surface area contributed by atoms with Crippen LogP contribution in [0.15, 0.2) is 18.2 Å². The molecule has 0 bridgehead atoms. The third-order valence-electron chi connectivity index (χ3n) is 4.94. The minimum atomic E-state index is -0.738. The SMILES string of the molecule is CN(C(=O)c1cc(F)cc(F)c1)C1C[C@H]2CC(O)C[C@H]2C1. The van der Waals surface area contributed by atoms with E-state index in [1.54, 1.807) is 11.9 Å². The van der Waals surface area contributed by atoms with Gasteiger partial charge in [-0.25, -0.2) is 8.78 Å². The second kappa shape index (κ2) is 5.37. The van der Waals surface area contributed by atoms with Gasteiger partial charge in [0.1, 0.15) is 11.6 Å². The summed E-state index contributed by atoms with van der Waals surface area (Å²) in [6.07, 6.45) is 3.12. The Labute approximate surface area is 122 Å². The lowest BCUT2D eigenvalue weighted by Gasteiger charge is -2.25. The zero-order valence-corrected chi connectivity index (χ0v) is 11.9. The Morgan fingerprint density at radius 2 is 1.62 bits per heavy atom. The Balaban J connectivity index is 1.71. The van der Waals surface area contributed by atoms with E-state index in [-0.39, 0.29) is 23.6 Å². The number of rotatable bonds is 2. The zero-order chi connectivity index (χ0) is 15.1. The number of aliphatic hydroxyl groups is 1. The molecule has 0 spiro atoms. The van der Waals surface area contributed by atoms with E-state index in [0.717, 1.165) is 43.9 Å². The number of benzene rings is 1. The summed E-state index contributed by atoms with van der Waals surface area (Å²) in [6.45, 7) is 0. The van der Waals surface area contributed by atoms with Crippen LogP contribution in [0.25, 0.3) is 0 Å². The molecule has 2 aliphatic rings. The predicted octanol–water partition coefficient (Wildman–Crippen LogP) is 2.59. The van der Waals surface area contributed by atoms with Crippen LogP contribution in [0.4, 0.5) is 8.78 Å². The van der Waals surface area contributed by atoms with Gasteiger partial charge in [-0.1, -0.05) is 0 Å². The fourth-order valence-electron chi connectivity index (χ4n) is 3.92. The quantitative estimate of drug-likeness (QED) is 0.911. The van der Waals surface area contributed by atoms with E-state index >= 15 is 0 Å². The summed E-state index contributed by atoms with van der Waals surface area (Å²) in [5.41, 5.74) is 0.0482. The largest absolute Gasteiger partial charge is 0.393 e. The highest BCUT2D eigenvalue weighted by molar-refractivity contribution is 5.94. The van der Waals surface area contributed by atoms with Crippen LogP contribution in [0.1, 0.15) is 36.0 Å². The number of nitrogens with zero attached hydrogens (tertiary/aromatic N) is 1. The lowest BCUT2D eigenvalue weighted by Crippen LogP contribution is -2.36. The van der Waals surface area contributed by atoms with Crippen LogP contribution in [-0.2, 0) is 0 Å². The number of carbonyl (C=O) groups excluding carboxylic acids is 1. The van der Waals surface area contributed by atoms with Gasteiger partial charge in [0, 0.05) is 24.7 Å². The molecular weight excluding hydrogens is 276 g/mol. The Kier molecular flexibility index (Phi) is 3.69. The highest BCUT2D eigenvalue weighted by atomic mass is 19.1. The predicted molar refractivity (Wildman–Crippen MR) is 73.7 cm³/mol. The van der Waals surface area contributed by atoms with Crippen LogP contribution in [0.2, 0.25) is 0 Å². The third kappa shape index (κ3) is 2.79. The van der Waals surface area contributed by atoms with Gasteiger partial charge in [-0.15, -0.1) is 0 Å². The van der Waals surface area contributed by atoms with E-state index < -0.39 is 11.6 Å². The van der Waals surface area contributed by atoms with Gasteiger partial charge in [0.15, 0.2) is 0 Å². The molecule has 0 heterocycles. The molecule has 4 atom stereocenters. The fraction of sp³-hybridized carbons (Fsp3) is 0.562. The second-order valence-corrected chi connectivity index (χ2v) is 6.34. The maximum Gasteiger partial charge on any atom is 0.254 e. The number of fused-ring (bicyclic) bond motifs is 1. The highest BCUT2D eigenvalue weighted by Gasteiger charge is 2.43. The first kappa shape index (κ1) is 14.4. The van der Waals surface area contributed by atoms with Crippen molar-refractivity contribution in [2.24, 2.45) is 11.8 Å². The lowest BCUT2D eigenvalue weighted by molar-refractivity contribution is 0.0721. The molecule has 1 aromatic carbocycles. The summed E-state index contributed by atoms with van der Waals surface area (Å²) < 4.78 is 26.4. The molecule has 2 fully saturated rings. The molecule has 114 valence electrons. The molecule has 2 saturated carbocycles. The van der Waals surface area contributed by atoms with Crippen LogP contribution >= 0.6 is 0 Å². The van der Waals surface area contributed by atoms with E-state index in [0.29, 0.717) is 11.8 Å². The average molecular weight is 295 g/mol. The maximum absolute atomic E-state index is 13.2. The van der Waals surface area contributed by atoms with Crippen LogP contribution in [0.5, 0.6) is 0 Å². The number of amides is 1. The van der Waals surface area contributed by atoms with Crippen molar-refractivity contribution in [2.75, 3.05) is 7.05 Å². The van der Waals surface area contributed by atoms with E-state index in [4.69, 9.17) is 0 Å². The normalized spacial score (nSPS) is 31.2. The number of hydrogen-bond acceptors (Lipinski definition) is 2. The highest BCUT2D eigenvalue weighted by Crippen LogP contribution is 2.45. The van der Waals surface area contributed by atoms with Gasteiger partial charge in [-0.05, 0) is 49.7 Å².